The van der Waals surface area contributed by atoms with Crippen molar-refractivity contribution in [2.24, 2.45) is 0 Å². The van der Waals surface area contributed by atoms with Crippen LogP contribution in [-0.2, 0) is 14.3 Å². The summed E-state index contributed by atoms with van der Waals surface area (Å²) in [6.45, 7) is 1.38. The number of aryl methyl sites for hydroxylation is 1. The monoisotopic (exact) mass is 407 g/mol. The van der Waals surface area contributed by atoms with Crippen LogP contribution in [0.25, 0.3) is 0 Å². The van der Waals surface area contributed by atoms with Gasteiger partial charge in [-0.3, -0.25) is 14.3 Å². The molecule has 2 aliphatic rings. The number of amides is 2. The summed E-state index contributed by atoms with van der Waals surface area (Å²) in [6, 6.07) is 9.61. The van der Waals surface area contributed by atoms with Gasteiger partial charge in [0.1, 0.15) is 11.4 Å². The number of benzene rings is 1. The molecule has 0 aliphatic carbocycles. The molecule has 1 aromatic carbocycles. The molecule has 2 amide bonds. The van der Waals surface area contributed by atoms with Gasteiger partial charge < -0.3 is 19.1 Å². The molecule has 4 rings (SSSR count). The second kappa shape index (κ2) is 7.20. The number of rotatable bonds is 2. The maximum Gasteiger partial charge on any atom is 0.437 e. The Kier molecular flexibility index (Phi) is 4.83. The number of carbonyl (C=O) groups excluding carboxylic acids is 2. The van der Waals surface area contributed by atoms with Gasteiger partial charge in [-0.15, -0.1) is 0 Å². The minimum atomic E-state index is -4.05. The van der Waals surface area contributed by atoms with E-state index in [-0.39, 0.29) is 38.5 Å². The lowest BCUT2D eigenvalue weighted by atomic mass is 10.00. The van der Waals surface area contributed by atoms with E-state index in [1.807, 2.05) is 0 Å². The van der Waals surface area contributed by atoms with Crippen LogP contribution in [0.2, 0.25) is 0 Å². The number of nitrogens with zero attached hydrogens (tertiary/aromatic N) is 3. The Morgan fingerprint density at radius 2 is 1.97 bits per heavy atom. The highest BCUT2D eigenvalue weighted by molar-refractivity contribution is 5.98. The highest BCUT2D eigenvalue weighted by atomic mass is 19.3. The van der Waals surface area contributed by atoms with Gasteiger partial charge in [0.2, 0.25) is 0 Å². The van der Waals surface area contributed by atoms with Crippen molar-refractivity contribution >= 4 is 17.5 Å². The van der Waals surface area contributed by atoms with Crippen molar-refractivity contribution in [1.82, 2.24) is 10.1 Å². The van der Waals surface area contributed by atoms with E-state index in [0.29, 0.717) is 11.4 Å². The summed E-state index contributed by atoms with van der Waals surface area (Å²) in [5, 5.41) is 3.70. The van der Waals surface area contributed by atoms with Crippen molar-refractivity contribution < 1.29 is 32.4 Å². The SMILES string of the molecule is Cc1cc(C(=O)N2CCOCC3(C2)CN(c2ccccc2)C(=O)C(F)(F)O3)no1. The summed E-state index contributed by atoms with van der Waals surface area (Å²) in [5.41, 5.74) is -1.22. The summed E-state index contributed by atoms with van der Waals surface area (Å²) in [6.07, 6.45) is -4.05. The number of ether oxygens (including phenoxy) is 2. The fourth-order valence-electron chi connectivity index (χ4n) is 3.55. The second-order valence-electron chi connectivity index (χ2n) is 7.13. The van der Waals surface area contributed by atoms with E-state index >= 15 is 0 Å². The standard InChI is InChI=1S/C19H19F2N3O5/c1-13-9-15(22-28-13)16(25)23-7-8-27-12-18(10-23)11-24(14-5-3-2-4-6-14)17(26)19(20,21)29-18/h2-6,9H,7-8,10-12H2,1H3. The Balaban J connectivity index is 1.65. The highest BCUT2D eigenvalue weighted by Gasteiger charge is 2.58. The fraction of sp³-hybridized carbons (Fsp3) is 0.421. The van der Waals surface area contributed by atoms with Crippen molar-refractivity contribution in [2.75, 3.05) is 37.7 Å². The fourth-order valence-corrected chi connectivity index (χ4v) is 3.55. The average molecular weight is 407 g/mol. The Morgan fingerprint density at radius 1 is 1.21 bits per heavy atom. The van der Waals surface area contributed by atoms with Gasteiger partial charge in [-0.1, -0.05) is 23.4 Å². The van der Waals surface area contributed by atoms with E-state index < -0.39 is 23.5 Å². The van der Waals surface area contributed by atoms with Crippen LogP contribution in [0.5, 0.6) is 0 Å². The molecule has 0 N–H and O–H groups in total. The van der Waals surface area contributed by atoms with Crippen molar-refractivity contribution in [3.63, 3.8) is 0 Å². The summed E-state index contributed by atoms with van der Waals surface area (Å²) >= 11 is 0. The number of alkyl halides is 2. The predicted molar refractivity (Wildman–Crippen MR) is 95.5 cm³/mol. The van der Waals surface area contributed by atoms with Gasteiger partial charge in [-0.25, -0.2) is 0 Å². The zero-order chi connectivity index (χ0) is 20.6. The van der Waals surface area contributed by atoms with Gasteiger partial charge in [0, 0.05) is 18.3 Å². The lowest BCUT2D eigenvalue weighted by Crippen LogP contribution is -2.66. The number of hydrogen-bond donors (Lipinski definition) is 0. The van der Waals surface area contributed by atoms with E-state index in [4.69, 9.17) is 14.0 Å². The molecule has 29 heavy (non-hydrogen) atoms. The quantitative estimate of drug-likeness (QED) is 0.756. The van der Waals surface area contributed by atoms with Crippen LogP contribution in [0.3, 0.4) is 0 Å². The first-order valence-corrected chi connectivity index (χ1v) is 9.05. The summed E-state index contributed by atoms with van der Waals surface area (Å²) in [4.78, 5) is 27.4. The van der Waals surface area contributed by atoms with E-state index in [0.717, 1.165) is 4.90 Å². The Morgan fingerprint density at radius 3 is 2.66 bits per heavy atom. The maximum atomic E-state index is 14.6. The number of para-hydroxylation sites is 1. The van der Waals surface area contributed by atoms with Gasteiger partial charge >= 0.3 is 12.0 Å². The summed E-state index contributed by atoms with van der Waals surface area (Å²) in [5.74, 6) is -1.49. The minimum Gasteiger partial charge on any atom is -0.376 e. The van der Waals surface area contributed by atoms with Gasteiger partial charge in [-0.2, -0.15) is 8.78 Å². The smallest absolute Gasteiger partial charge is 0.376 e. The molecule has 2 aromatic rings. The van der Waals surface area contributed by atoms with Crippen LogP contribution in [0.15, 0.2) is 40.9 Å². The van der Waals surface area contributed by atoms with Gasteiger partial charge in [0.15, 0.2) is 5.69 Å². The molecule has 0 radical (unpaired) electrons. The van der Waals surface area contributed by atoms with Crippen LogP contribution >= 0.6 is 0 Å². The van der Waals surface area contributed by atoms with Crippen LogP contribution in [0.1, 0.15) is 16.2 Å². The topological polar surface area (TPSA) is 85.1 Å². The molecule has 10 heteroatoms. The average Bonchev–Trinajstić information content (AvgIpc) is 3.03. The van der Waals surface area contributed by atoms with Crippen LogP contribution in [-0.4, -0.2) is 66.4 Å². The van der Waals surface area contributed by atoms with Gasteiger partial charge in [0.05, 0.1) is 26.3 Å². The lowest BCUT2D eigenvalue weighted by Gasteiger charge is -2.45. The van der Waals surface area contributed by atoms with E-state index in [2.05, 4.69) is 5.16 Å². The van der Waals surface area contributed by atoms with Crippen LogP contribution in [0, 0.1) is 6.92 Å². The van der Waals surface area contributed by atoms with Crippen LogP contribution in [0.4, 0.5) is 14.5 Å². The predicted octanol–water partition coefficient (Wildman–Crippen LogP) is 1.85. The van der Waals surface area contributed by atoms with Gasteiger partial charge in [-0.05, 0) is 19.1 Å². The largest absolute Gasteiger partial charge is 0.437 e. The Labute approximate surface area is 164 Å². The zero-order valence-corrected chi connectivity index (χ0v) is 15.6. The number of halogens is 2. The Hall–Kier alpha value is -2.85. The third-order valence-corrected chi connectivity index (χ3v) is 4.84. The summed E-state index contributed by atoms with van der Waals surface area (Å²) < 4.78 is 44.5. The van der Waals surface area contributed by atoms with Crippen LogP contribution < -0.4 is 4.90 Å². The van der Waals surface area contributed by atoms with Crippen molar-refractivity contribution in [1.29, 1.82) is 0 Å². The molecule has 2 fully saturated rings. The molecular formula is C19H19F2N3O5. The molecule has 1 aromatic heterocycles. The van der Waals surface area contributed by atoms with Crippen molar-refractivity contribution in [3.05, 3.63) is 47.9 Å². The molecule has 1 spiro atoms. The third kappa shape index (κ3) is 3.73. The molecular weight excluding hydrogens is 388 g/mol. The molecule has 3 heterocycles. The highest BCUT2D eigenvalue weighted by Crippen LogP contribution is 2.37. The molecule has 0 bridgehead atoms. The number of carbonyl (C=O) groups is 2. The normalized spacial score (nSPS) is 24.6. The first-order valence-electron chi connectivity index (χ1n) is 9.05. The second-order valence-corrected chi connectivity index (χ2v) is 7.13. The molecule has 0 saturated carbocycles. The maximum absolute atomic E-state index is 14.6. The molecule has 2 aliphatic heterocycles. The minimum absolute atomic E-state index is 0.0677. The molecule has 8 nitrogen and oxygen atoms in total. The number of aromatic nitrogens is 1. The molecule has 1 atom stereocenters. The van der Waals surface area contributed by atoms with E-state index in [1.54, 1.807) is 37.3 Å². The summed E-state index contributed by atoms with van der Waals surface area (Å²) in [7, 11) is 0. The first kappa shape index (κ1) is 19.5. The third-order valence-electron chi connectivity index (χ3n) is 4.84. The zero-order valence-electron chi connectivity index (χ0n) is 15.6. The molecule has 2 saturated heterocycles. The number of anilines is 1. The molecule has 1 unspecified atom stereocenters. The first-order chi connectivity index (χ1) is 13.8. The lowest BCUT2D eigenvalue weighted by molar-refractivity contribution is -0.293. The van der Waals surface area contributed by atoms with Crippen molar-refractivity contribution in [3.8, 4) is 0 Å². The number of morpholine rings is 1. The van der Waals surface area contributed by atoms with E-state index in [9.17, 15) is 18.4 Å². The van der Waals surface area contributed by atoms with Gasteiger partial charge in [0.25, 0.3) is 5.91 Å². The van der Waals surface area contributed by atoms with Crippen molar-refractivity contribution in [2.45, 2.75) is 18.6 Å². The number of hydrogen-bond acceptors (Lipinski definition) is 6. The molecule has 154 valence electrons. The van der Waals surface area contributed by atoms with E-state index in [1.165, 1.54) is 11.0 Å². The Bertz CT molecular complexity index is 920.